The number of thioether (sulfide) groups is 1. The number of nitrogens with zero attached hydrogens (tertiary/aromatic N) is 3. The first kappa shape index (κ1) is 16.4. The highest BCUT2D eigenvalue weighted by atomic mass is 32.2. The van der Waals surface area contributed by atoms with Gasteiger partial charge in [0.1, 0.15) is 5.82 Å². The summed E-state index contributed by atoms with van der Waals surface area (Å²) in [6.45, 7) is 8.51. The maximum atomic E-state index is 4.58. The smallest absolute Gasteiger partial charge is 0.131 e. The Morgan fingerprint density at radius 3 is 2.74 bits per heavy atom. The third kappa shape index (κ3) is 4.14. The summed E-state index contributed by atoms with van der Waals surface area (Å²) in [6.07, 6.45) is 3.32. The van der Waals surface area contributed by atoms with Crippen molar-refractivity contribution >= 4 is 17.6 Å². The normalized spacial score (nSPS) is 12.7. The van der Waals surface area contributed by atoms with Gasteiger partial charge in [0, 0.05) is 38.0 Å². The molecule has 1 unspecified atom stereocenters. The molecule has 0 aromatic carbocycles. The molecule has 19 heavy (non-hydrogen) atoms. The highest BCUT2D eigenvalue weighted by molar-refractivity contribution is 7.98. The van der Waals surface area contributed by atoms with Crippen LogP contribution in [0.1, 0.15) is 31.5 Å². The van der Waals surface area contributed by atoms with E-state index in [0.717, 1.165) is 31.0 Å². The van der Waals surface area contributed by atoms with Crippen molar-refractivity contribution in [3.8, 4) is 0 Å². The van der Waals surface area contributed by atoms with Gasteiger partial charge in [0.15, 0.2) is 0 Å². The van der Waals surface area contributed by atoms with Crippen LogP contribution >= 0.6 is 11.8 Å². The summed E-state index contributed by atoms with van der Waals surface area (Å²) in [7, 11) is 4.20. The standard InChI is InChI=1S/C14H28N4S/c1-7-8-15-9-13-12(3)16-18(5)14(13)17(4)11(2)10-19-6/h11,15H,7-10H2,1-6H3. The van der Waals surface area contributed by atoms with Gasteiger partial charge >= 0.3 is 0 Å². The minimum absolute atomic E-state index is 0.509. The van der Waals surface area contributed by atoms with Crippen molar-refractivity contribution in [3.05, 3.63) is 11.3 Å². The molecule has 0 radical (unpaired) electrons. The van der Waals surface area contributed by atoms with Crippen LogP contribution in [-0.4, -0.2) is 41.4 Å². The number of anilines is 1. The van der Waals surface area contributed by atoms with E-state index in [1.807, 2.05) is 23.5 Å². The molecule has 0 aliphatic rings. The van der Waals surface area contributed by atoms with E-state index in [9.17, 15) is 0 Å². The highest BCUT2D eigenvalue weighted by Crippen LogP contribution is 2.24. The lowest BCUT2D eigenvalue weighted by Crippen LogP contribution is -2.33. The third-order valence-electron chi connectivity index (χ3n) is 3.44. The molecule has 4 nitrogen and oxygen atoms in total. The molecule has 0 spiro atoms. The fourth-order valence-electron chi connectivity index (χ4n) is 2.29. The Kier molecular flexibility index (Phi) is 6.72. The van der Waals surface area contributed by atoms with Gasteiger partial charge in [-0.1, -0.05) is 6.92 Å². The Bertz CT molecular complexity index is 389. The van der Waals surface area contributed by atoms with Gasteiger partial charge in [0.05, 0.1) is 5.69 Å². The van der Waals surface area contributed by atoms with Crippen LogP contribution in [0.4, 0.5) is 5.82 Å². The third-order valence-corrected chi connectivity index (χ3v) is 4.26. The summed E-state index contributed by atoms with van der Waals surface area (Å²) in [6, 6.07) is 0.509. The van der Waals surface area contributed by atoms with Crippen LogP contribution in [0.25, 0.3) is 0 Å². The van der Waals surface area contributed by atoms with Gasteiger partial charge < -0.3 is 10.2 Å². The Hall–Kier alpha value is -0.680. The second-order valence-electron chi connectivity index (χ2n) is 5.10. The van der Waals surface area contributed by atoms with Crippen LogP contribution in [0.2, 0.25) is 0 Å². The topological polar surface area (TPSA) is 33.1 Å². The van der Waals surface area contributed by atoms with E-state index < -0.39 is 0 Å². The molecule has 1 aromatic rings. The van der Waals surface area contributed by atoms with Crippen LogP contribution in [0.15, 0.2) is 0 Å². The Morgan fingerprint density at radius 1 is 1.47 bits per heavy atom. The zero-order chi connectivity index (χ0) is 14.4. The van der Waals surface area contributed by atoms with Crippen molar-refractivity contribution in [2.75, 3.05) is 30.5 Å². The van der Waals surface area contributed by atoms with Crippen LogP contribution in [-0.2, 0) is 13.6 Å². The molecule has 1 N–H and O–H groups in total. The first-order valence-corrected chi connectivity index (χ1v) is 8.37. The number of nitrogens with one attached hydrogen (secondary N) is 1. The van der Waals surface area contributed by atoms with Crippen molar-refractivity contribution in [3.63, 3.8) is 0 Å². The van der Waals surface area contributed by atoms with E-state index in [1.54, 1.807) is 0 Å². The van der Waals surface area contributed by atoms with E-state index >= 15 is 0 Å². The zero-order valence-corrected chi connectivity index (χ0v) is 14.0. The van der Waals surface area contributed by atoms with Gasteiger partial charge in [-0.05, 0) is 33.1 Å². The average Bonchev–Trinajstić information content (AvgIpc) is 2.64. The maximum Gasteiger partial charge on any atom is 0.131 e. The second-order valence-corrected chi connectivity index (χ2v) is 6.01. The number of rotatable bonds is 8. The fourth-order valence-corrected chi connectivity index (χ4v) is 3.00. The molecule has 1 heterocycles. The summed E-state index contributed by atoms with van der Waals surface area (Å²) >= 11 is 1.89. The van der Waals surface area contributed by atoms with Gasteiger partial charge in [-0.15, -0.1) is 0 Å². The molecule has 5 heteroatoms. The molecule has 0 amide bonds. The number of aromatic nitrogens is 2. The van der Waals surface area contributed by atoms with E-state index in [1.165, 1.54) is 11.4 Å². The van der Waals surface area contributed by atoms with Crippen molar-refractivity contribution in [1.29, 1.82) is 0 Å². The molecule has 1 rings (SSSR count). The monoisotopic (exact) mass is 284 g/mol. The summed E-state index contributed by atoms with van der Waals surface area (Å²) in [5.41, 5.74) is 2.45. The van der Waals surface area contributed by atoms with Gasteiger partial charge in [0.2, 0.25) is 0 Å². The quantitative estimate of drug-likeness (QED) is 0.743. The summed E-state index contributed by atoms with van der Waals surface area (Å²) < 4.78 is 2.01. The molecule has 0 saturated heterocycles. The van der Waals surface area contributed by atoms with Crippen molar-refractivity contribution in [2.24, 2.45) is 7.05 Å². The molecule has 1 atom stereocenters. The lowest BCUT2D eigenvalue weighted by Gasteiger charge is -2.27. The summed E-state index contributed by atoms with van der Waals surface area (Å²) in [5.74, 6) is 2.37. The predicted octanol–water partition coefficient (Wildman–Crippen LogP) is 2.42. The van der Waals surface area contributed by atoms with E-state index in [4.69, 9.17) is 0 Å². The van der Waals surface area contributed by atoms with E-state index in [-0.39, 0.29) is 0 Å². The van der Waals surface area contributed by atoms with Crippen molar-refractivity contribution < 1.29 is 0 Å². The van der Waals surface area contributed by atoms with Crippen molar-refractivity contribution in [1.82, 2.24) is 15.1 Å². The van der Waals surface area contributed by atoms with E-state index in [2.05, 4.69) is 49.4 Å². The van der Waals surface area contributed by atoms with Gasteiger partial charge in [-0.25, -0.2) is 0 Å². The first-order valence-electron chi connectivity index (χ1n) is 6.97. The van der Waals surface area contributed by atoms with Crippen LogP contribution < -0.4 is 10.2 Å². The zero-order valence-electron chi connectivity index (χ0n) is 13.2. The van der Waals surface area contributed by atoms with E-state index in [0.29, 0.717) is 6.04 Å². The molecule has 110 valence electrons. The Balaban J connectivity index is 2.91. The average molecular weight is 284 g/mol. The molecule has 0 aliphatic heterocycles. The predicted molar refractivity (Wildman–Crippen MR) is 86.2 cm³/mol. The fraction of sp³-hybridized carbons (Fsp3) is 0.786. The number of hydrogen-bond donors (Lipinski definition) is 1. The molecule has 0 saturated carbocycles. The van der Waals surface area contributed by atoms with Crippen molar-refractivity contribution in [2.45, 2.75) is 39.8 Å². The molecular weight excluding hydrogens is 256 g/mol. The SMILES string of the molecule is CCCNCc1c(C)nn(C)c1N(C)C(C)CSC. The molecule has 0 fully saturated rings. The lowest BCUT2D eigenvalue weighted by molar-refractivity contribution is 0.660. The molecular formula is C14H28N4S. The number of hydrogen-bond acceptors (Lipinski definition) is 4. The van der Waals surface area contributed by atoms with Gasteiger partial charge in [-0.2, -0.15) is 16.9 Å². The number of aryl methyl sites for hydroxylation is 2. The molecule has 0 bridgehead atoms. The van der Waals surface area contributed by atoms with Gasteiger partial charge in [-0.3, -0.25) is 4.68 Å². The highest BCUT2D eigenvalue weighted by Gasteiger charge is 2.19. The second kappa shape index (κ2) is 7.80. The summed E-state index contributed by atoms with van der Waals surface area (Å²) in [5, 5.41) is 8.07. The first-order chi connectivity index (χ1) is 9.02. The minimum Gasteiger partial charge on any atom is -0.356 e. The largest absolute Gasteiger partial charge is 0.356 e. The maximum absolute atomic E-state index is 4.58. The minimum atomic E-state index is 0.509. The van der Waals surface area contributed by atoms with Crippen LogP contribution in [0.5, 0.6) is 0 Å². The molecule has 0 aliphatic carbocycles. The van der Waals surface area contributed by atoms with Crippen LogP contribution in [0, 0.1) is 6.92 Å². The summed E-state index contributed by atoms with van der Waals surface area (Å²) in [4.78, 5) is 2.35. The Morgan fingerprint density at radius 2 is 2.16 bits per heavy atom. The van der Waals surface area contributed by atoms with Gasteiger partial charge in [0.25, 0.3) is 0 Å². The lowest BCUT2D eigenvalue weighted by atomic mass is 10.2. The Labute approximate surface area is 121 Å². The van der Waals surface area contributed by atoms with Crippen LogP contribution in [0.3, 0.4) is 0 Å². The molecule has 1 aromatic heterocycles.